The van der Waals surface area contributed by atoms with Crippen LogP contribution in [-0.2, 0) is 11.3 Å². The third-order valence-corrected chi connectivity index (χ3v) is 3.98. The summed E-state index contributed by atoms with van der Waals surface area (Å²) in [5.41, 5.74) is 2.35. The van der Waals surface area contributed by atoms with Crippen molar-refractivity contribution in [1.29, 1.82) is 0 Å². The van der Waals surface area contributed by atoms with Crippen LogP contribution in [0.25, 0.3) is 0 Å². The highest BCUT2D eigenvalue weighted by Gasteiger charge is 2.11. The monoisotopic (exact) mass is 363 g/mol. The Morgan fingerprint density at radius 3 is 2.70 bits per heavy atom. The van der Waals surface area contributed by atoms with E-state index >= 15 is 0 Å². The number of carbonyl (C=O) groups excluding carboxylic acids is 1. The fourth-order valence-electron chi connectivity index (χ4n) is 2.61. The van der Waals surface area contributed by atoms with Gasteiger partial charge in [-0.25, -0.2) is 4.79 Å². The van der Waals surface area contributed by atoms with Crippen molar-refractivity contribution >= 4 is 23.4 Å². The number of aromatic nitrogens is 3. The molecule has 0 unspecified atom stereocenters. The van der Waals surface area contributed by atoms with Gasteiger partial charge in [-0.1, -0.05) is 36.4 Å². The molecule has 0 saturated heterocycles. The molecule has 1 aromatic heterocycles. The van der Waals surface area contributed by atoms with E-state index in [9.17, 15) is 4.79 Å². The quantitative estimate of drug-likeness (QED) is 0.644. The van der Waals surface area contributed by atoms with Crippen molar-refractivity contribution < 1.29 is 9.53 Å². The normalized spacial score (nSPS) is 10.3. The predicted molar refractivity (Wildman–Crippen MR) is 104 cm³/mol. The molecule has 0 radical (unpaired) electrons. The van der Waals surface area contributed by atoms with Crippen LogP contribution < -0.4 is 10.2 Å². The molecule has 0 aliphatic heterocycles. The zero-order chi connectivity index (χ0) is 19.1. The highest BCUT2D eigenvalue weighted by atomic mass is 16.5. The fraction of sp³-hybridized carbons (Fsp3) is 0.200. The number of anilines is 3. The Hall–Kier alpha value is -3.48. The van der Waals surface area contributed by atoms with Gasteiger partial charge in [0.15, 0.2) is 5.82 Å². The van der Waals surface area contributed by atoms with Gasteiger partial charge in [0.1, 0.15) is 0 Å². The molecular weight excluding hydrogens is 342 g/mol. The van der Waals surface area contributed by atoms with Crippen LogP contribution in [0.4, 0.5) is 17.5 Å². The number of methoxy groups -OCH3 is 1. The number of hydrogen-bond acceptors (Lipinski definition) is 7. The molecule has 1 N–H and O–H groups in total. The summed E-state index contributed by atoms with van der Waals surface area (Å²) < 4.78 is 4.75. The molecule has 138 valence electrons. The molecule has 0 aliphatic carbocycles. The van der Waals surface area contributed by atoms with E-state index in [1.807, 2.05) is 36.1 Å². The second kappa shape index (κ2) is 8.75. The molecule has 27 heavy (non-hydrogen) atoms. The Balaban J connectivity index is 1.78. The summed E-state index contributed by atoms with van der Waals surface area (Å²) in [5, 5.41) is 11.4. The first kappa shape index (κ1) is 18.3. The molecule has 0 bridgehead atoms. The molecule has 3 rings (SSSR count). The summed E-state index contributed by atoms with van der Waals surface area (Å²) in [6.45, 7) is 3.49. The van der Waals surface area contributed by atoms with Crippen molar-refractivity contribution in [2.24, 2.45) is 0 Å². The minimum absolute atomic E-state index is 0.389. The smallest absolute Gasteiger partial charge is 0.337 e. The first-order chi connectivity index (χ1) is 13.2. The Morgan fingerprint density at radius 1 is 1.15 bits per heavy atom. The number of esters is 1. The van der Waals surface area contributed by atoms with E-state index in [1.54, 1.807) is 24.4 Å². The van der Waals surface area contributed by atoms with Gasteiger partial charge in [0.25, 0.3) is 0 Å². The molecule has 1 heterocycles. The van der Waals surface area contributed by atoms with Crippen LogP contribution in [0.5, 0.6) is 0 Å². The van der Waals surface area contributed by atoms with E-state index in [1.165, 1.54) is 12.7 Å². The number of ether oxygens (including phenoxy) is 1. The summed E-state index contributed by atoms with van der Waals surface area (Å²) in [6, 6.07) is 17.2. The van der Waals surface area contributed by atoms with Gasteiger partial charge in [0.05, 0.1) is 18.9 Å². The number of hydrogen-bond donors (Lipinski definition) is 1. The lowest BCUT2D eigenvalue weighted by Crippen LogP contribution is -2.24. The highest BCUT2D eigenvalue weighted by molar-refractivity contribution is 5.90. The Labute approximate surface area is 158 Å². The van der Waals surface area contributed by atoms with E-state index in [2.05, 4.69) is 32.6 Å². The molecule has 0 atom stereocenters. The van der Waals surface area contributed by atoms with Gasteiger partial charge in [-0.05, 0) is 30.7 Å². The second-order valence-electron chi connectivity index (χ2n) is 5.84. The lowest BCUT2D eigenvalue weighted by molar-refractivity contribution is 0.0601. The van der Waals surface area contributed by atoms with Gasteiger partial charge < -0.3 is 15.0 Å². The Kier molecular flexibility index (Phi) is 5.94. The van der Waals surface area contributed by atoms with Crippen LogP contribution in [0.3, 0.4) is 0 Å². The average Bonchev–Trinajstić information content (AvgIpc) is 2.72. The lowest BCUT2D eigenvalue weighted by atomic mass is 10.2. The molecule has 2 aromatic carbocycles. The maximum Gasteiger partial charge on any atom is 0.337 e. The number of nitrogens with one attached hydrogen (secondary N) is 1. The lowest BCUT2D eigenvalue weighted by Gasteiger charge is -2.20. The standard InChI is InChI=1S/C20H21N5O2/c1-3-25(14-15-8-5-4-6-9-15)20-23-18(13-21-24-20)22-17-11-7-10-16(12-17)19(26)27-2/h4-13H,3,14H2,1-2H3,(H,22,23,24). The maximum absolute atomic E-state index is 11.7. The van der Waals surface area contributed by atoms with Crippen molar-refractivity contribution in [1.82, 2.24) is 15.2 Å². The summed E-state index contributed by atoms with van der Waals surface area (Å²) >= 11 is 0. The third kappa shape index (κ3) is 4.78. The zero-order valence-corrected chi connectivity index (χ0v) is 15.3. The number of rotatable bonds is 7. The van der Waals surface area contributed by atoms with Gasteiger partial charge >= 0.3 is 5.97 Å². The molecule has 0 fully saturated rings. The van der Waals surface area contributed by atoms with E-state index < -0.39 is 0 Å². The van der Waals surface area contributed by atoms with E-state index in [-0.39, 0.29) is 5.97 Å². The van der Waals surface area contributed by atoms with Gasteiger partial charge in [0, 0.05) is 18.8 Å². The van der Waals surface area contributed by atoms with E-state index in [0.717, 1.165) is 12.2 Å². The molecule has 0 amide bonds. The topological polar surface area (TPSA) is 80.2 Å². The maximum atomic E-state index is 11.7. The van der Waals surface area contributed by atoms with Crippen molar-refractivity contribution in [3.05, 3.63) is 71.9 Å². The van der Waals surface area contributed by atoms with Gasteiger partial charge in [-0.3, -0.25) is 0 Å². The largest absolute Gasteiger partial charge is 0.465 e. The van der Waals surface area contributed by atoms with E-state index in [4.69, 9.17) is 4.74 Å². The van der Waals surface area contributed by atoms with Gasteiger partial charge in [0.2, 0.25) is 5.95 Å². The van der Waals surface area contributed by atoms with Crippen molar-refractivity contribution in [2.75, 3.05) is 23.9 Å². The minimum atomic E-state index is -0.389. The van der Waals surface area contributed by atoms with E-state index in [0.29, 0.717) is 23.9 Å². The van der Waals surface area contributed by atoms with Crippen LogP contribution in [-0.4, -0.2) is 34.8 Å². The first-order valence-electron chi connectivity index (χ1n) is 8.63. The van der Waals surface area contributed by atoms with Gasteiger partial charge in [-0.15, -0.1) is 5.10 Å². The van der Waals surface area contributed by atoms with Gasteiger partial charge in [-0.2, -0.15) is 10.1 Å². The molecular formula is C20H21N5O2. The zero-order valence-electron chi connectivity index (χ0n) is 15.3. The van der Waals surface area contributed by atoms with Crippen molar-refractivity contribution in [3.8, 4) is 0 Å². The number of carbonyl (C=O) groups is 1. The van der Waals surface area contributed by atoms with Crippen LogP contribution >= 0.6 is 0 Å². The van der Waals surface area contributed by atoms with Crippen LogP contribution in [0.2, 0.25) is 0 Å². The average molecular weight is 363 g/mol. The predicted octanol–water partition coefficient (Wildman–Crippen LogP) is 3.43. The van der Waals surface area contributed by atoms with Crippen molar-refractivity contribution in [2.45, 2.75) is 13.5 Å². The van der Waals surface area contributed by atoms with Crippen LogP contribution in [0.15, 0.2) is 60.8 Å². The highest BCUT2D eigenvalue weighted by Crippen LogP contribution is 2.18. The molecule has 7 nitrogen and oxygen atoms in total. The third-order valence-electron chi connectivity index (χ3n) is 3.98. The molecule has 0 saturated carbocycles. The molecule has 3 aromatic rings. The molecule has 0 aliphatic rings. The Morgan fingerprint density at radius 2 is 1.96 bits per heavy atom. The fourth-order valence-corrected chi connectivity index (χ4v) is 2.61. The summed E-state index contributed by atoms with van der Waals surface area (Å²) in [4.78, 5) is 18.3. The molecule has 7 heteroatoms. The minimum Gasteiger partial charge on any atom is -0.465 e. The molecule has 0 spiro atoms. The summed E-state index contributed by atoms with van der Waals surface area (Å²) in [5.74, 6) is 0.698. The second-order valence-corrected chi connectivity index (χ2v) is 5.84. The number of nitrogens with zero attached hydrogens (tertiary/aromatic N) is 4. The van der Waals surface area contributed by atoms with Crippen LogP contribution in [0, 0.1) is 0 Å². The first-order valence-corrected chi connectivity index (χ1v) is 8.63. The number of benzene rings is 2. The van der Waals surface area contributed by atoms with Crippen molar-refractivity contribution in [3.63, 3.8) is 0 Å². The Bertz CT molecular complexity index is 902. The SMILES string of the molecule is CCN(Cc1ccccc1)c1nncc(Nc2cccc(C(=O)OC)c2)n1. The summed E-state index contributed by atoms with van der Waals surface area (Å²) in [7, 11) is 1.36. The van der Waals surface area contributed by atoms with Crippen LogP contribution in [0.1, 0.15) is 22.8 Å². The summed E-state index contributed by atoms with van der Waals surface area (Å²) in [6.07, 6.45) is 1.55.